The number of piperidine rings is 1. The van der Waals surface area contributed by atoms with E-state index in [1.165, 1.54) is 30.5 Å². The molecule has 0 saturated carbocycles. The molecule has 0 amide bonds. The van der Waals surface area contributed by atoms with Crippen LogP contribution in [0.25, 0.3) is 5.65 Å². The molecule has 4 heterocycles. The summed E-state index contributed by atoms with van der Waals surface area (Å²) in [4.78, 5) is 17.2. The van der Waals surface area contributed by atoms with Crippen LogP contribution in [0.15, 0.2) is 36.5 Å². The van der Waals surface area contributed by atoms with Crippen LogP contribution in [-0.4, -0.2) is 63.9 Å². The maximum absolute atomic E-state index is 7.07. The second-order valence-electron chi connectivity index (χ2n) is 10.0. The molecule has 2 aliphatic rings. The number of hydrogen-bond donors (Lipinski definition) is 0. The number of anilines is 1. The Hall–Kier alpha value is -2.15. The Morgan fingerprint density at radius 3 is 2.68 bits per heavy atom. The summed E-state index contributed by atoms with van der Waals surface area (Å²) in [5.74, 6) is 1.16. The van der Waals surface area contributed by atoms with E-state index in [-0.39, 0.29) is 0 Å². The lowest BCUT2D eigenvalue weighted by atomic mass is 9.90. The van der Waals surface area contributed by atoms with Gasteiger partial charge in [-0.2, -0.15) is 0 Å². The predicted octanol–water partition coefficient (Wildman–Crippen LogP) is 5.20. The van der Waals surface area contributed by atoms with Gasteiger partial charge in [0.2, 0.25) is 0 Å². The van der Waals surface area contributed by atoms with Gasteiger partial charge in [-0.05, 0) is 82.9 Å². The first-order valence-corrected chi connectivity index (χ1v) is 13.2. The lowest BCUT2D eigenvalue weighted by Gasteiger charge is -2.36. The third-order valence-corrected chi connectivity index (χ3v) is 8.01. The van der Waals surface area contributed by atoms with Gasteiger partial charge in [-0.25, -0.2) is 4.98 Å². The van der Waals surface area contributed by atoms with E-state index in [1.54, 1.807) is 0 Å². The van der Waals surface area contributed by atoms with Gasteiger partial charge in [0.05, 0.1) is 17.4 Å². The lowest BCUT2D eigenvalue weighted by Crippen LogP contribution is -2.42. The van der Waals surface area contributed by atoms with E-state index < -0.39 is 0 Å². The Morgan fingerprint density at radius 2 is 1.91 bits per heavy atom. The Labute approximate surface area is 208 Å². The van der Waals surface area contributed by atoms with Crippen molar-refractivity contribution < 1.29 is 0 Å². The fourth-order valence-electron chi connectivity index (χ4n) is 5.81. The minimum atomic E-state index is 0.329. The van der Waals surface area contributed by atoms with Crippen molar-refractivity contribution in [3.05, 3.63) is 58.6 Å². The lowest BCUT2D eigenvalue weighted by molar-refractivity contribution is 0.164. The van der Waals surface area contributed by atoms with Crippen LogP contribution in [0.4, 0.5) is 5.82 Å². The summed E-state index contributed by atoms with van der Waals surface area (Å²) in [5, 5.41) is 0.749. The largest absolute Gasteiger partial charge is 0.358 e. The van der Waals surface area contributed by atoms with Gasteiger partial charge in [0.25, 0.3) is 0 Å². The van der Waals surface area contributed by atoms with Crippen molar-refractivity contribution in [1.82, 2.24) is 24.2 Å². The average Bonchev–Trinajstić information content (AvgIpc) is 3.18. The Morgan fingerprint density at radius 1 is 1.09 bits per heavy atom. The zero-order valence-electron chi connectivity index (χ0n) is 20.8. The number of halogens is 1. The summed E-state index contributed by atoms with van der Waals surface area (Å²) < 4.78 is 2.16. The smallest absolute Gasteiger partial charge is 0.139 e. The molecule has 1 fully saturated rings. The Bertz CT molecular complexity index is 1120. The maximum Gasteiger partial charge on any atom is 0.139 e. The molecule has 34 heavy (non-hydrogen) atoms. The van der Waals surface area contributed by atoms with Crippen molar-refractivity contribution in [3.63, 3.8) is 0 Å². The highest BCUT2D eigenvalue weighted by Crippen LogP contribution is 2.35. The number of hydrogen-bond acceptors (Lipinski definition) is 5. The number of fused-ring (bicyclic) bond motifs is 2. The fraction of sp³-hybridized carbons (Fsp3) is 0.556. The molecule has 7 heteroatoms. The van der Waals surface area contributed by atoms with Gasteiger partial charge in [-0.15, -0.1) is 0 Å². The molecule has 0 aromatic carbocycles. The second kappa shape index (κ2) is 10.2. The molecule has 6 nitrogen and oxygen atoms in total. The van der Waals surface area contributed by atoms with Crippen LogP contribution in [0.5, 0.6) is 0 Å². The van der Waals surface area contributed by atoms with Crippen LogP contribution in [0.3, 0.4) is 0 Å². The molecule has 1 saturated heterocycles. The molecule has 1 atom stereocenters. The first kappa shape index (κ1) is 23.6. The summed E-state index contributed by atoms with van der Waals surface area (Å²) in [6.07, 6.45) is 8.84. The Balaban J connectivity index is 1.43. The number of rotatable bonds is 7. The van der Waals surface area contributed by atoms with Gasteiger partial charge in [0, 0.05) is 31.9 Å². The minimum Gasteiger partial charge on any atom is -0.358 e. The third kappa shape index (κ3) is 4.56. The van der Waals surface area contributed by atoms with Crippen molar-refractivity contribution >= 4 is 23.1 Å². The van der Waals surface area contributed by atoms with E-state index in [4.69, 9.17) is 21.6 Å². The van der Waals surface area contributed by atoms with Crippen molar-refractivity contribution in [2.75, 3.05) is 38.6 Å². The first-order valence-electron chi connectivity index (χ1n) is 12.8. The molecular weight excluding hydrogens is 444 g/mol. The van der Waals surface area contributed by atoms with Gasteiger partial charge in [-0.3, -0.25) is 14.3 Å². The van der Waals surface area contributed by atoms with Crippen molar-refractivity contribution in [2.45, 2.75) is 64.1 Å². The van der Waals surface area contributed by atoms with E-state index >= 15 is 0 Å². The number of imidazole rings is 1. The zero-order chi connectivity index (χ0) is 23.7. The second-order valence-corrected chi connectivity index (χ2v) is 10.4. The SMILES string of the molecule is CCCN(Cc1nc2cccc(N3CCC(N(C)C)CC3)n2c1Cl)C1CCCc2cccnc21. The van der Waals surface area contributed by atoms with E-state index in [1.807, 2.05) is 6.20 Å². The number of aromatic nitrogens is 3. The highest BCUT2D eigenvalue weighted by atomic mass is 35.5. The van der Waals surface area contributed by atoms with E-state index in [9.17, 15) is 0 Å². The topological polar surface area (TPSA) is 39.9 Å². The van der Waals surface area contributed by atoms with Gasteiger partial charge in [0.15, 0.2) is 0 Å². The van der Waals surface area contributed by atoms with Gasteiger partial charge >= 0.3 is 0 Å². The molecule has 1 unspecified atom stereocenters. The molecule has 182 valence electrons. The molecule has 1 aliphatic heterocycles. The predicted molar refractivity (Wildman–Crippen MR) is 140 cm³/mol. The fourth-order valence-corrected chi connectivity index (χ4v) is 6.09. The Kier molecular flexibility index (Phi) is 7.09. The standard InChI is InChI=1S/C27H37ClN6/c1-4-16-33(23-10-5-8-20-9-7-15-29-26(20)23)19-22-27(28)34-24(30-22)11-6-12-25(34)32-17-13-21(14-18-32)31(2)3/h6-7,9,11-12,15,21,23H,4-5,8,10,13-14,16-19H2,1-3H3. The molecule has 1 aliphatic carbocycles. The van der Waals surface area contributed by atoms with Crippen LogP contribution < -0.4 is 4.90 Å². The summed E-state index contributed by atoms with van der Waals surface area (Å²) in [6, 6.07) is 11.7. The van der Waals surface area contributed by atoms with Crippen LogP contribution in [0, 0.1) is 0 Å². The normalized spacial score (nSPS) is 19.4. The highest BCUT2D eigenvalue weighted by molar-refractivity contribution is 6.30. The zero-order valence-corrected chi connectivity index (χ0v) is 21.5. The van der Waals surface area contributed by atoms with Crippen LogP contribution in [0.2, 0.25) is 5.15 Å². The summed E-state index contributed by atoms with van der Waals surface area (Å²) in [5.41, 5.74) is 4.54. The van der Waals surface area contributed by atoms with Gasteiger partial charge in [0.1, 0.15) is 16.6 Å². The minimum absolute atomic E-state index is 0.329. The number of aryl methyl sites for hydroxylation is 1. The van der Waals surface area contributed by atoms with Gasteiger partial charge < -0.3 is 9.80 Å². The average molecular weight is 481 g/mol. The van der Waals surface area contributed by atoms with E-state index in [0.717, 1.165) is 67.8 Å². The maximum atomic E-state index is 7.07. The van der Waals surface area contributed by atoms with E-state index in [0.29, 0.717) is 12.1 Å². The van der Waals surface area contributed by atoms with Crippen molar-refractivity contribution in [2.24, 2.45) is 0 Å². The first-order chi connectivity index (χ1) is 16.6. The molecule has 3 aromatic rings. The molecule has 3 aromatic heterocycles. The molecule has 0 N–H and O–H groups in total. The van der Waals surface area contributed by atoms with Gasteiger partial charge in [-0.1, -0.05) is 30.7 Å². The summed E-state index contributed by atoms with van der Waals surface area (Å²) >= 11 is 7.07. The third-order valence-electron chi connectivity index (χ3n) is 7.62. The van der Waals surface area contributed by atoms with Crippen LogP contribution in [-0.2, 0) is 13.0 Å². The van der Waals surface area contributed by atoms with Crippen molar-refractivity contribution in [3.8, 4) is 0 Å². The monoisotopic (exact) mass is 480 g/mol. The molecule has 5 rings (SSSR count). The molecule has 0 radical (unpaired) electrons. The summed E-state index contributed by atoms with van der Waals surface area (Å²) in [7, 11) is 4.37. The van der Waals surface area contributed by atoms with Crippen LogP contribution in [0.1, 0.15) is 62.0 Å². The number of pyridine rings is 2. The molecule has 0 bridgehead atoms. The van der Waals surface area contributed by atoms with E-state index in [2.05, 4.69) is 70.5 Å². The van der Waals surface area contributed by atoms with Crippen molar-refractivity contribution in [1.29, 1.82) is 0 Å². The quantitative estimate of drug-likeness (QED) is 0.464. The summed E-state index contributed by atoms with van der Waals surface area (Å²) in [6.45, 7) is 6.08. The highest BCUT2D eigenvalue weighted by Gasteiger charge is 2.29. The molecule has 0 spiro atoms. The molecular formula is C27H37ClN6. The number of nitrogens with zero attached hydrogens (tertiary/aromatic N) is 6. The van der Waals surface area contributed by atoms with Crippen LogP contribution >= 0.6 is 11.6 Å².